The van der Waals surface area contributed by atoms with E-state index in [0.717, 1.165) is 0 Å². The zero-order valence-electron chi connectivity index (χ0n) is 25.7. The number of aliphatic hydroxyl groups excluding tert-OH is 1. The second kappa shape index (κ2) is 18.0. The molecule has 0 unspecified atom stereocenters. The summed E-state index contributed by atoms with van der Waals surface area (Å²) in [7, 11) is 0. The first kappa shape index (κ1) is 37.8. The minimum atomic E-state index is -1.88. The molecule has 0 saturated heterocycles. The zero-order chi connectivity index (χ0) is 35.3. The van der Waals surface area contributed by atoms with E-state index in [0.29, 0.717) is 5.56 Å². The molecule has 2 aromatic rings. The summed E-state index contributed by atoms with van der Waals surface area (Å²) in [6, 6.07) is 8.13. The highest BCUT2D eigenvalue weighted by molar-refractivity contribution is 5.97. The SMILES string of the molecule is CC(C)[C@H](NC(=O)[C@@H](N)CCC(=O)O)C(=O)N[C@@H](CC(=O)N[C@@H](Cc1ccccc1)[C@@H](O)C(=O)Nc1cccc(C(=O)O)c1)C(=O)O. The van der Waals surface area contributed by atoms with E-state index in [9.17, 15) is 48.9 Å². The number of nitrogens with one attached hydrogen (secondary N) is 4. The average Bonchev–Trinajstić information content (AvgIpc) is 3.01. The van der Waals surface area contributed by atoms with Gasteiger partial charge in [-0.2, -0.15) is 0 Å². The molecule has 16 heteroatoms. The fourth-order valence-corrected chi connectivity index (χ4v) is 4.36. The van der Waals surface area contributed by atoms with Crippen LogP contribution in [0.3, 0.4) is 0 Å². The van der Waals surface area contributed by atoms with E-state index < -0.39 is 84.1 Å². The number of anilines is 1. The third-order valence-electron chi connectivity index (χ3n) is 6.93. The normalized spacial score (nSPS) is 14.1. The van der Waals surface area contributed by atoms with Gasteiger partial charge in [-0.05, 0) is 42.5 Å². The number of nitrogens with two attached hydrogens (primary N) is 1. The first-order chi connectivity index (χ1) is 22.1. The molecule has 4 amide bonds. The minimum Gasteiger partial charge on any atom is -0.481 e. The van der Waals surface area contributed by atoms with E-state index in [1.54, 1.807) is 44.2 Å². The quantitative estimate of drug-likeness (QED) is 0.1000. The summed E-state index contributed by atoms with van der Waals surface area (Å²) in [6.45, 7) is 3.13. The van der Waals surface area contributed by atoms with Crippen molar-refractivity contribution in [3.05, 3.63) is 65.7 Å². The minimum absolute atomic E-state index is 0.0655. The lowest BCUT2D eigenvalue weighted by Crippen LogP contribution is -2.57. The second-order valence-electron chi connectivity index (χ2n) is 11.1. The molecule has 5 atom stereocenters. The maximum Gasteiger partial charge on any atom is 0.335 e. The summed E-state index contributed by atoms with van der Waals surface area (Å²) in [4.78, 5) is 85.6. The number of aliphatic hydroxyl groups is 1. The Hall–Kier alpha value is -5.35. The highest BCUT2D eigenvalue weighted by Crippen LogP contribution is 2.14. The molecule has 0 radical (unpaired) electrons. The molecule has 2 aromatic carbocycles. The molecule has 0 aliphatic rings. The van der Waals surface area contributed by atoms with E-state index in [-0.39, 0.29) is 30.5 Å². The van der Waals surface area contributed by atoms with Gasteiger partial charge in [0.05, 0.1) is 24.1 Å². The summed E-state index contributed by atoms with van der Waals surface area (Å²) in [6.07, 6.45) is -3.35. The van der Waals surface area contributed by atoms with E-state index in [1.165, 1.54) is 24.3 Å². The number of carboxylic acids is 3. The summed E-state index contributed by atoms with van der Waals surface area (Å²) >= 11 is 0. The maximum absolute atomic E-state index is 13.1. The van der Waals surface area contributed by atoms with Crippen LogP contribution in [0.25, 0.3) is 0 Å². The molecule has 0 saturated carbocycles. The maximum atomic E-state index is 13.1. The van der Waals surface area contributed by atoms with Gasteiger partial charge >= 0.3 is 17.9 Å². The van der Waals surface area contributed by atoms with E-state index >= 15 is 0 Å². The Labute approximate surface area is 269 Å². The summed E-state index contributed by atoms with van der Waals surface area (Å²) < 4.78 is 0. The molecule has 254 valence electrons. The summed E-state index contributed by atoms with van der Waals surface area (Å²) in [5.41, 5.74) is 6.27. The second-order valence-corrected chi connectivity index (χ2v) is 11.1. The lowest BCUT2D eigenvalue weighted by atomic mass is 9.99. The number of aliphatic carboxylic acids is 2. The Morgan fingerprint density at radius 3 is 2.04 bits per heavy atom. The van der Waals surface area contributed by atoms with Crippen LogP contribution < -0.4 is 27.0 Å². The first-order valence-corrected chi connectivity index (χ1v) is 14.6. The zero-order valence-corrected chi connectivity index (χ0v) is 25.7. The molecule has 47 heavy (non-hydrogen) atoms. The Morgan fingerprint density at radius 2 is 1.47 bits per heavy atom. The van der Waals surface area contributed by atoms with Gasteiger partial charge in [0.25, 0.3) is 5.91 Å². The van der Waals surface area contributed by atoms with Gasteiger partial charge in [0.2, 0.25) is 17.7 Å². The van der Waals surface area contributed by atoms with Crippen molar-refractivity contribution in [2.75, 3.05) is 5.32 Å². The number of rotatable bonds is 18. The van der Waals surface area contributed by atoms with Crippen molar-refractivity contribution >= 4 is 47.2 Å². The van der Waals surface area contributed by atoms with Crippen LogP contribution in [-0.4, -0.2) is 92.2 Å². The molecule has 10 N–H and O–H groups in total. The van der Waals surface area contributed by atoms with Gasteiger partial charge in [0.15, 0.2) is 6.10 Å². The predicted molar refractivity (Wildman–Crippen MR) is 166 cm³/mol. The van der Waals surface area contributed by atoms with Crippen molar-refractivity contribution in [1.82, 2.24) is 16.0 Å². The van der Waals surface area contributed by atoms with Crippen LogP contribution in [0.4, 0.5) is 5.69 Å². The van der Waals surface area contributed by atoms with Crippen molar-refractivity contribution < 1.29 is 54.0 Å². The first-order valence-electron chi connectivity index (χ1n) is 14.6. The molecule has 0 aromatic heterocycles. The third kappa shape index (κ3) is 12.5. The standard InChI is InChI=1S/C31H39N5O11/c1-16(2)25(36-27(41)20(32)11-12-24(38)39)28(42)35-22(31(46)47)15-23(37)34-21(13-17-7-4-3-5-8-17)26(40)29(43)33-19-10-6-9-18(14-19)30(44)45/h3-10,14,16,20-22,25-26,40H,11-13,15,32H2,1-2H3,(H,33,43)(H,34,37)(H,35,42)(H,36,41)(H,38,39)(H,44,45)(H,46,47)/t20-,21-,22-,25-,26+/m0/s1. The van der Waals surface area contributed by atoms with Gasteiger partial charge in [0, 0.05) is 12.1 Å². The number of carboxylic acid groups (broad SMARTS) is 3. The molecular weight excluding hydrogens is 618 g/mol. The van der Waals surface area contributed by atoms with E-state index in [4.69, 9.17) is 10.8 Å². The van der Waals surface area contributed by atoms with Crippen molar-refractivity contribution in [2.45, 2.75) is 69.8 Å². The molecule has 0 aliphatic carbocycles. The van der Waals surface area contributed by atoms with Crippen LogP contribution >= 0.6 is 0 Å². The van der Waals surface area contributed by atoms with Gasteiger partial charge < -0.3 is 47.4 Å². The highest BCUT2D eigenvalue weighted by atomic mass is 16.4. The highest BCUT2D eigenvalue weighted by Gasteiger charge is 2.33. The number of hydrogen-bond donors (Lipinski definition) is 9. The Balaban J connectivity index is 2.17. The van der Waals surface area contributed by atoms with Crippen molar-refractivity contribution in [2.24, 2.45) is 11.7 Å². The van der Waals surface area contributed by atoms with Gasteiger partial charge in [0.1, 0.15) is 12.1 Å². The summed E-state index contributed by atoms with van der Waals surface area (Å²) in [5.74, 6) is -8.24. The molecule has 0 fully saturated rings. The number of hydrogen-bond acceptors (Lipinski definition) is 9. The van der Waals surface area contributed by atoms with Crippen LogP contribution in [0.15, 0.2) is 54.6 Å². The van der Waals surface area contributed by atoms with Crippen molar-refractivity contribution in [1.29, 1.82) is 0 Å². The van der Waals surface area contributed by atoms with Crippen LogP contribution in [-0.2, 0) is 35.2 Å². The number of amides is 4. The topological polar surface area (TPSA) is 275 Å². The molecule has 0 heterocycles. The van der Waals surface area contributed by atoms with Crippen LogP contribution in [0.5, 0.6) is 0 Å². The van der Waals surface area contributed by atoms with Crippen LogP contribution in [0.1, 0.15) is 49.0 Å². The van der Waals surface area contributed by atoms with Gasteiger partial charge in [-0.25, -0.2) is 9.59 Å². The molecule has 0 aliphatic heterocycles. The van der Waals surface area contributed by atoms with Crippen molar-refractivity contribution in [3.8, 4) is 0 Å². The third-order valence-corrected chi connectivity index (χ3v) is 6.93. The number of aromatic carboxylic acids is 1. The average molecular weight is 658 g/mol. The lowest BCUT2D eigenvalue weighted by molar-refractivity contribution is -0.144. The summed E-state index contributed by atoms with van der Waals surface area (Å²) in [5, 5.41) is 48.1. The van der Waals surface area contributed by atoms with Crippen LogP contribution in [0, 0.1) is 5.92 Å². The largest absolute Gasteiger partial charge is 0.481 e. The Kier molecular flexibility index (Phi) is 14.5. The van der Waals surface area contributed by atoms with Gasteiger partial charge in [-0.3, -0.25) is 24.0 Å². The molecule has 0 spiro atoms. The van der Waals surface area contributed by atoms with Crippen molar-refractivity contribution in [3.63, 3.8) is 0 Å². The van der Waals surface area contributed by atoms with E-state index in [1.807, 2.05) is 0 Å². The van der Waals surface area contributed by atoms with E-state index in [2.05, 4.69) is 21.3 Å². The molecular formula is C31H39N5O11. The molecule has 16 nitrogen and oxygen atoms in total. The fraction of sp³-hybridized carbons (Fsp3) is 0.387. The molecule has 0 bridgehead atoms. The number of carbonyl (C=O) groups is 7. The molecule has 2 rings (SSSR count). The smallest absolute Gasteiger partial charge is 0.335 e. The van der Waals surface area contributed by atoms with Gasteiger partial charge in [-0.15, -0.1) is 0 Å². The van der Waals surface area contributed by atoms with Crippen LogP contribution in [0.2, 0.25) is 0 Å². The lowest BCUT2D eigenvalue weighted by Gasteiger charge is -2.26. The Bertz CT molecular complexity index is 1450. The van der Waals surface area contributed by atoms with Gasteiger partial charge in [-0.1, -0.05) is 50.2 Å². The number of carbonyl (C=O) groups excluding carboxylic acids is 4. The fourth-order valence-electron chi connectivity index (χ4n) is 4.36. The Morgan fingerprint density at radius 1 is 0.809 bits per heavy atom. The number of benzene rings is 2. The monoisotopic (exact) mass is 657 g/mol. The predicted octanol–water partition coefficient (Wildman–Crippen LogP) is -0.296.